The van der Waals surface area contributed by atoms with Crippen molar-refractivity contribution < 1.29 is 9.59 Å². The molecule has 5 heteroatoms. The van der Waals surface area contributed by atoms with Crippen LogP contribution >= 0.6 is 0 Å². The standard InChI is InChI=1S/C20H27N3O2/c1-15(16-5-2-3-6-16)13-19(24)22-18-8-11-23(12-9-18)20(25)17-7-4-10-21-14-17/h4,7,10,13-14,16,18H,2-3,5-6,8-9,11-12H2,1H3,(H,22,24)/b15-13+. The third-order valence-corrected chi connectivity index (χ3v) is 5.39. The van der Waals surface area contributed by atoms with Gasteiger partial charge in [0.2, 0.25) is 5.91 Å². The molecule has 0 spiro atoms. The Morgan fingerprint density at radius 3 is 2.56 bits per heavy atom. The van der Waals surface area contributed by atoms with Gasteiger partial charge in [-0.2, -0.15) is 0 Å². The topological polar surface area (TPSA) is 62.3 Å². The summed E-state index contributed by atoms with van der Waals surface area (Å²) in [6, 6.07) is 3.72. The van der Waals surface area contributed by atoms with Gasteiger partial charge in [0, 0.05) is 37.6 Å². The quantitative estimate of drug-likeness (QED) is 0.857. The summed E-state index contributed by atoms with van der Waals surface area (Å²) in [5, 5.41) is 3.11. The molecule has 2 fully saturated rings. The van der Waals surface area contributed by atoms with Crippen molar-refractivity contribution in [2.75, 3.05) is 13.1 Å². The fourth-order valence-electron chi connectivity index (χ4n) is 3.85. The molecule has 1 aromatic rings. The first-order valence-electron chi connectivity index (χ1n) is 9.31. The van der Waals surface area contributed by atoms with Crippen LogP contribution in [0.25, 0.3) is 0 Å². The van der Waals surface area contributed by atoms with Crippen LogP contribution in [0.5, 0.6) is 0 Å². The van der Waals surface area contributed by atoms with Crippen molar-refractivity contribution in [1.82, 2.24) is 15.2 Å². The van der Waals surface area contributed by atoms with Crippen LogP contribution in [-0.2, 0) is 4.79 Å². The van der Waals surface area contributed by atoms with Gasteiger partial charge in [-0.1, -0.05) is 18.4 Å². The highest BCUT2D eigenvalue weighted by Crippen LogP contribution is 2.30. The molecule has 1 aromatic heterocycles. The van der Waals surface area contributed by atoms with E-state index in [9.17, 15) is 9.59 Å². The fourth-order valence-corrected chi connectivity index (χ4v) is 3.85. The maximum Gasteiger partial charge on any atom is 0.255 e. The van der Waals surface area contributed by atoms with Crippen LogP contribution in [0.1, 0.15) is 55.8 Å². The zero-order valence-electron chi connectivity index (χ0n) is 14.9. The van der Waals surface area contributed by atoms with Crippen LogP contribution in [0.15, 0.2) is 36.2 Å². The third-order valence-electron chi connectivity index (χ3n) is 5.39. The number of pyridine rings is 1. The maximum atomic E-state index is 12.4. The van der Waals surface area contributed by atoms with E-state index >= 15 is 0 Å². The summed E-state index contributed by atoms with van der Waals surface area (Å²) in [6.07, 6.45) is 11.6. The van der Waals surface area contributed by atoms with E-state index in [0.717, 1.165) is 12.8 Å². The molecule has 25 heavy (non-hydrogen) atoms. The van der Waals surface area contributed by atoms with E-state index < -0.39 is 0 Å². The minimum Gasteiger partial charge on any atom is -0.350 e. The minimum absolute atomic E-state index is 0.0152. The Labute approximate surface area is 149 Å². The second kappa shape index (κ2) is 8.28. The van der Waals surface area contributed by atoms with Gasteiger partial charge in [0.15, 0.2) is 0 Å². The molecule has 3 rings (SSSR count). The van der Waals surface area contributed by atoms with Crippen molar-refractivity contribution in [1.29, 1.82) is 0 Å². The first-order valence-corrected chi connectivity index (χ1v) is 9.31. The lowest BCUT2D eigenvalue weighted by Gasteiger charge is -2.32. The Morgan fingerprint density at radius 1 is 1.20 bits per heavy atom. The molecule has 2 heterocycles. The van der Waals surface area contributed by atoms with E-state index in [1.54, 1.807) is 30.6 Å². The molecule has 134 valence electrons. The average Bonchev–Trinajstić information content (AvgIpc) is 3.17. The number of carbonyl (C=O) groups excluding carboxylic acids is 2. The Balaban J connectivity index is 1.47. The van der Waals surface area contributed by atoms with Crippen molar-refractivity contribution >= 4 is 11.8 Å². The lowest BCUT2D eigenvalue weighted by atomic mass is 9.98. The highest BCUT2D eigenvalue weighted by atomic mass is 16.2. The molecule has 1 saturated carbocycles. The molecular weight excluding hydrogens is 314 g/mol. The number of nitrogens with zero attached hydrogens (tertiary/aromatic N) is 2. The molecule has 1 saturated heterocycles. The van der Waals surface area contributed by atoms with Crippen LogP contribution in [0.4, 0.5) is 0 Å². The van der Waals surface area contributed by atoms with Gasteiger partial charge >= 0.3 is 0 Å². The van der Waals surface area contributed by atoms with Crippen molar-refractivity contribution in [3.63, 3.8) is 0 Å². The van der Waals surface area contributed by atoms with Gasteiger partial charge in [-0.25, -0.2) is 0 Å². The van der Waals surface area contributed by atoms with Gasteiger partial charge in [-0.3, -0.25) is 14.6 Å². The van der Waals surface area contributed by atoms with Gasteiger partial charge in [-0.15, -0.1) is 0 Å². The predicted molar refractivity (Wildman–Crippen MR) is 97.0 cm³/mol. The first kappa shape index (κ1) is 17.6. The van der Waals surface area contributed by atoms with Gasteiger partial charge in [0.1, 0.15) is 0 Å². The minimum atomic E-state index is 0.0152. The monoisotopic (exact) mass is 341 g/mol. The molecule has 2 amide bonds. The van der Waals surface area contributed by atoms with Crippen LogP contribution in [0, 0.1) is 5.92 Å². The van der Waals surface area contributed by atoms with Crippen molar-refractivity contribution in [3.05, 3.63) is 41.7 Å². The number of piperidine rings is 1. The van der Waals surface area contributed by atoms with E-state index in [-0.39, 0.29) is 17.9 Å². The zero-order valence-corrected chi connectivity index (χ0v) is 14.9. The first-order chi connectivity index (χ1) is 12.1. The molecule has 1 aliphatic carbocycles. The van der Waals surface area contributed by atoms with Crippen LogP contribution in [0.2, 0.25) is 0 Å². The summed E-state index contributed by atoms with van der Waals surface area (Å²) in [6.45, 7) is 3.42. The second-order valence-corrected chi connectivity index (χ2v) is 7.19. The summed E-state index contributed by atoms with van der Waals surface area (Å²) in [4.78, 5) is 30.5. The normalized spacial score (nSPS) is 19.9. The molecule has 1 aliphatic heterocycles. The molecule has 0 atom stereocenters. The number of amides is 2. The van der Waals surface area contributed by atoms with E-state index in [2.05, 4.69) is 17.2 Å². The van der Waals surface area contributed by atoms with E-state index in [4.69, 9.17) is 0 Å². The maximum absolute atomic E-state index is 12.4. The SMILES string of the molecule is C/C(=C\C(=O)NC1CCN(C(=O)c2cccnc2)CC1)C1CCCC1. The van der Waals surface area contributed by atoms with Crippen molar-refractivity contribution in [2.45, 2.75) is 51.5 Å². The third kappa shape index (κ3) is 4.68. The largest absolute Gasteiger partial charge is 0.350 e. The van der Waals surface area contributed by atoms with E-state index in [1.807, 2.05) is 4.90 Å². The molecule has 5 nitrogen and oxygen atoms in total. The number of carbonyl (C=O) groups is 2. The summed E-state index contributed by atoms with van der Waals surface area (Å²) >= 11 is 0. The fraction of sp³-hybridized carbons (Fsp3) is 0.550. The van der Waals surface area contributed by atoms with Crippen LogP contribution < -0.4 is 5.32 Å². The predicted octanol–water partition coefficient (Wildman–Crippen LogP) is 2.94. The number of hydrogen-bond donors (Lipinski definition) is 1. The highest BCUT2D eigenvalue weighted by Gasteiger charge is 2.24. The number of nitrogens with one attached hydrogen (secondary N) is 1. The Morgan fingerprint density at radius 2 is 1.92 bits per heavy atom. The Kier molecular flexibility index (Phi) is 5.84. The van der Waals surface area contributed by atoms with Crippen molar-refractivity contribution in [3.8, 4) is 0 Å². The molecular formula is C20H27N3O2. The number of allylic oxidation sites excluding steroid dienone is 1. The van der Waals surface area contributed by atoms with E-state index in [0.29, 0.717) is 24.6 Å². The molecule has 1 N–H and O–H groups in total. The molecule has 0 unspecified atom stereocenters. The lowest BCUT2D eigenvalue weighted by Crippen LogP contribution is -2.46. The lowest BCUT2D eigenvalue weighted by molar-refractivity contribution is -0.117. The average molecular weight is 341 g/mol. The Bertz CT molecular complexity index is 628. The van der Waals surface area contributed by atoms with Gasteiger partial charge in [0.05, 0.1) is 5.56 Å². The van der Waals surface area contributed by atoms with Crippen LogP contribution in [-0.4, -0.2) is 40.8 Å². The summed E-state index contributed by atoms with van der Waals surface area (Å²) in [7, 11) is 0. The molecule has 0 aromatic carbocycles. The number of aromatic nitrogens is 1. The van der Waals surface area contributed by atoms with Crippen LogP contribution in [0.3, 0.4) is 0 Å². The zero-order chi connectivity index (χ0) is 17.6. The molecule has 2 aliphatic rings. The summed E-state index contributed by atoms with van der Waals surface area (Å²) in [5.74, 6) is 0.626. The number of rotatable bonds is 4. The van der Waals surface area contributed by atoms with Crippen molar-refractivity contribution in [2.24, 2.45) is 5.92 Å². The summed E-state index contributed by atoms with van der Waals surface area (Å²) < 4.78 is 0. The smallest absolute Gasteiger partial charge is 0.255 e. The molecule has 0 bridgehead atoms. The number of hydrogen-bond acceptors (Lipinski definition) is 3. The highest BCUT2D eigenvalue weighted by molar-refractivity contribution is 5.94. The Hall–Kier alpha value is -2.17. The molecule has 0 radical (unpaired) electrons. The van der Waals surface area contributed by atoms with Gasteiger partial charge < -0.3 is 10.2 Å². The summed E-state index contributed by atoms with van der Waals surface area (Å²) in [5.41, 5.74) is 1.83. The van der Waals surface area contributed by atoms with E-state index in [1.165, 1.54) is 31.3 Å². The van der Waals surface area contributed by atoms with Gasteiger partial charge in [-0.05, 0) is 50.7 Å². The van der Waals surface area contributed by atoms with Gasteiger partial charge in [0.25, 0.3) is 5.91 Å². The second-order valence-electron chi connectivity index (χ2n) is 7.19. The number of likely N-dealkylation sites (tertiary alicyclic amines) is 1.